The monoisotopic (exact) mass is 483 g/mol. The van der Waals surface area contributed by atoms with Gasteiger partial charge in [-0.3, -0.25) is 9.48 Å². The molecular weight excluding hydrogens is 461 g/mol. The van der Waals surface area contributed by atoms with E-state index in [1.54, 1.807) is 18.2 Å². The molecular formula is C25H23Cl2N3O3. The van der Waals surface area contributed by atoms with Crippen molar-refractivity contribution in [3.63, 3.8) is 0 Å². The van der Waals surface area contributed by atoms with Crippen molar-refractivity contribution in [3.05, 3.63) is 98.7 Å². The highest BCUT2D eigenvalue weighted by molar-refractivity contribution is 6.32. The first-order valence-electron chi connectivity index (χ1n) is 10.4. The summed E-state index contributed by atoms with van der Waals surface area (Å²) < 4.78 is 13.3. The predicted molar refractivity (Wildman–Crippen MR) is 129 cm³/mol. The van der Waals surface area contributed by atoms with Gasteiger partial charge in [-0.25, -0.2) is 0 Å². The number of para-hydroxylation sites is 1. The van der Waals surface area contributed by atoms with Crippen molar-refractivity contribution in [2.24, 2.45) is 0 Å². The van der Waals surface area contributed by atoms with Crippen LogP contribution in [0.25, 0.3) is 0 Å². The highest BCUT2D eigenvalue weighted by atomic mass is 35.5. The van der Waals surface area contributed by atoms with Crippen LogP contribution in [0.5, 0.6) is 5.75 Å². The summed E-state index contributed by atoms with van der Waals surface area (Å²) in [5.74, 6) is 0.952. The van der Waals surface area contributed by atoms with E-state index in [9.17, 15) is 4.79 Å². The second-order valence-corrected chi connectivity index (χ2v) is 8.57. The maximum atomic E-state index is 12.8. The first-order chi connectivity index (χ1) is 15.8. The molecule has 0 unspecified atom stereocenters. The molecule has 0 saturated carbocycles. The molecule has 170 valence electrons. The number of rotatable bonds is 7. The molecule has 0 atom stereocenters. The standard InChI is InChI=1S/C25H23Cl2N3O3/c1-15-5-4-6-21(27)24(15)32-14-20-11-12-22(33-20)25(31)28-23-16(2)29-30(17(23)3)13-18-7-9-19(26)10-8-18/h4-12H,13-14H2,1-3H3,(H,28,31). The number of ether oxygens (including phenoxy) is 1. The molecule has 0 radical (unpaired) electrons. The third-order valence-electron chi connectivity index (χ3n) is 5.27. The number of hydrogen-bond acceptors (Lipinski definition) is 4. The van der Waals surface area contributed by atoms with Crippen molar-refractivity contribution in [3.8, 4) is 5.75 Å². The number of aryl methyl sites for hydroxylation is 2. The predicted octanol–water partition coefficient (Wildman–Crippen LogP) is 6.59. The Morgan fingerprint density at radius 2 is 1.82 bits per heavy atom. The van der Waals surface area contributed by atoms with Crippen LogP contribution >= 0.6 is 23.2 Å². The quantitative estimate of drug-likeness (QED) is 0.321. The van der Waals surface area contributed by atoms with Crippen LogP contribution in [-0.2, 0) is 13.2 Å². The highest BCUT2D eigenvalue weighted by Gasteiger charge is 2.18. The number of carbonyl (C=O) groups is 1. The van der Waals surface area contributed by atoms with E-state index in [0.717, 1.165) is 22.5 Å². The van der Waals surface area contributed by atoms with E-state index in [4.69, 9.17) is 32.4 Å². The number of aromatic nitrogens is 2. The van der Waals surface area contributed by atoms with Gasteiger partial charge in [0.05, 0.1) is 28.6 Å². The second-order valence-electron chi connectivity index (χ2n) is 7.72. The van der Waals surface area contributed by atoms with Gasteiger partial charge in [-0.1, -0.05) is 47.5 Å². The second kappa shape index (κ2) is 9.73. The molecule has 8 heteroatoms. The number of nitrogens with zero attached hydrogens (tertiary/aromatic N) is 2. The molecule has 0 spiro atoms. The Hall–Kier alpha value is -3.22. The number of furan rings is 1. The molecule has 0 aliphatic carbocycles. The van der Waals surface area contributed by atoms with E-state index < -0.39 is 0 Å². The summed E-state index contributed by atoms with van der Waals surface area (Å²) in [6, 6.07) is 16.5. The number of hydrogen-bond donors (Lipinski definition) is 1. The zero-order chi connectivity index (χ0) is 23.5. The molecule has 1 amide bonds. The summed E-state index contributed by atoms with van der Waals surface area (Å²) in [4.78, 5) is 12.8. The van der Waals surface area contributed by atoms with Gasteiger partial charge in [-0.2, -0.15) is 5.10 Å². The van der Waals surface area contributed by atoms with Gasteiger partial charge in [0.2, 0.25) is 0 Å². The fourth-order valence-corrected chi connectivity index (χ4v) is 3.89. The van der Waals surface area contributed by atoms with Crippen molar-refractivity contribution < 1.29 is 13.9 Å². The summed E-state index contributed by atoms with van der Waals surface area (Å²) in [7, 11) is 0. The highest BCUT2D eigenvalue weighted by Crippen LogP contribution is 2.29. The van der Waals surface area contributed by atoms with Crippen LogP contribution in [0, 0.1) is 20.8 Å². The molecule has 0 fully saturated rings. The lowest BCUT2D eigenvalue weighted by Gasteiger charge is -2.09. The maximum Gasteiger partial charge on any atom is 0.291 e. The zero-order valence-electron chi connectivity index (χ0n) is 18.5. The number of carbonyl (C=O) groups excluding carboxylic acids is 1. The maximum absolute atomic E-state index is 12.8. The normalized spacial score (nSPS) is 10.9. The third-order valence-corrected chi connectivity index (χ3v) is 5.82. The number of halogens is 2. The molecule has 1 N–H and O–H groups in total. The number of anilines is 1. The molecule has 0 aliphatic rings. The smallest absolute Gasteiger partial charge is 0.291 e. The minimum Gasteiger partial charge on any atom is -0.484 e. The topological polar surface area (TPSA) is 69.3 Å². The number of benzene rings is 2. The van der Waals surface area contributed by atoms with Crippen molar-refractivity contribution in [2.75, 3.05) is 5.32 Å². The Morgan fingerprint density at radius 1 is 1.06 bits per heavy atom. The van der Waals surface area contributed by atoms with Gasteiger partial charge in [0.15, 0.2) is 5.76 Å². The first-order valence-corrected chi connectivity index (χ1v) is 11.1. The lowest BCUT2D eigenvalue weighted by molar-refractivity contribution is 0.0992. The molecule has 2 aromatic carbocycles. The largest absolute Gasteiger partial charge is 0.484 e. The Balaban J connectivity index is 1.43. The van der Waals surface area contributed by atoms with E-state index in [1.165, 1.54) is 0 Å². The van der Waals surface area contributed by atoms with Crippen LogP contribution in [0.15, 0.2) is 59.0 Å². The first kappa shape index (κ1) is 23.0. The van der Waals surface area contributed by atoms with Crippen LogP contribution in [0.4, 0.5) is 5.69 Å². The van der Waals surface area contributed by atoms with E-state index in [1.807, 2.05) is 61.9 Å². The number of nitrogens with one attached hydrogen (secondary N) is 1. The van der Waals surface area contributed by atoms with Gasteiger partial charge < -0.3 is 14.5 Å². The average Bonchev–Trinajstić information content (AvgIpc) is 3.35. The molecule has 0 saturated heterocycles. The van der Waals surface area contributed by atoms with Gasteiger partial charge in [-0.05, 0) is 62.2 Å². The molecule has 6 nitrogen and oxygen atoms in total. The summed E-state index contributed by atoms with van der Waals surface area (Å²) in [6.07, 6.45) is 0. The summed E-state index contributed by atoms with van der Waals surface area (Å²) in [5, 5.41) is 8.70. The van der Waals surface area contributed by atoms with Crippen LogP contribution in [0.1, 0.15) is 38.8 Å². The zero-order valence-corrected chi connectivity index (χ0v) is 20.0. The average molecular weight is 484 g/mol. The van der Waals surface area contributed by atoms with E-state index in [2.05, 4.69) is 10.4 Å². The van der Waals surface area contributed by atoms with Gasteiger partial charge in [0.1, 0.15) is 18.1 Å². The lowest BCUT2D eigenvalue weighted by Crippen LogP contribution is -2.12. The van der Waals surface area contributed by atoms with E-state index in [0.29, 0.717) is 33.8 Å². The van der Waals surface area contributed by atoms with Crippen molar-refractivity contribution >= 4 is 34.8 Å². The van der Waals surface area contributed by atoms with Crippen molar-refractivity contribution in [1.82, 2.24) is 9.78 Å². The fourth-order valence-electron chi connectivity index (χ4n) is 3.49. The molecule has 33 heavy (non-hydrogen) atoms. The Labute approximate surface area is 202 Å². The Morgan fingerprint density at radius 3 is 2.55 bits per heavy atom. The van der Waals surface area contributed by atoms with Gasteiger partial charge in [0.25, 0.3) is 5.91 Å². The summed E-state index contributed by atoms with van der Waals surface area (Å²) in [5.41, 5.74) is 4.22. The van der Waals surface area contributed by atoms with Crippen LogP contribution in [0.2, 0.25) is 10.0 Å². The van der Waals surface area contributed by atoms with Crippen LogP contribution in [-0.4, -0.2) is 15.7 Å². The lowest BCUT2D eigenvalue weighted by atomic mass is 10.2. The van der Waals surface area contributed by atoms with E-state index in [-0.39, 0.29) is 18.3 Å². The molecule has 4 aromatic rings. The van der Waals surface area contributed by atoms with Crippen LogP contribution < -0.4 is 10.1 Å². The Bertz CT molecular complexity index is 1270. The summed E-state index contributed by atoms with van der Waals surface area (Å²) >= 11 is 12.2. The molecule has 0 aliphatic heterocycles. The summed E-state index contributed by atoms with van der Waals surface area (Å²) in [6.45, 7) is 6.42. The van der Waals surface area contributed by atoms with Crippen LogP contribution in [0.3, 0.4) is 0 Å². The van der Waals surface area contributed by atoms with E-state index >= 15 is 0 Å². The molecule has 4 rings (SSSR count). The minimum absolute atomic E-state index is 0.162. The minimum atomic E-state index is -0.354. The molecule has 2 aromatic heterocycles. The van der Waals surface area contributed by atoms with Gasteiger partial charge >= 0.3 is 0 Å². The fraction of sp³-hybridized carbons (Fsp3) is 0.200. The van der Waals surface area contributed by atoms with Gasteiger partial charge in [-0.15, -0.1) is 0 Å². The number of amides is 1. The SMILES string of the molecule is Cc1cccc(Cl)c1OCc1ccc(C(=O)Nc2c(C)nn(Cc3ccc(Cl)cc3)c2C)o1. The third kappa shape index (κ3) is 5.24. The van der Waals surface area contributed by atoms with Crippen molar-refractivity contribution in [1.29, 1.82) is 0 Å². The van der Waals surface area contributed by atoms with Crippen molar-refractivity contribution in [2.45, 2.75) is 33.9 Å². The molecule has 2 heterocycles. The Kier molecular flexibility index (Phi) is 6.77. The molecule has 0 bridgehead atoms. The van der Waals surface area contributed by atoms with Gasteiger partial charge in [0, 0.05) is 5.02 Å².